The van der Waals surface area contributed by atoms with Crippen LogP contribution in [0.5, 0.6) is 0 Å². The summed E-state index contributed by atoms with van der Waals surface area (Å²) in [6, 6.07) is 13.0. The molecule has 1 saturated heterocycles. The van der Waals surface area contributed by atoms with Crippen molar-refractivity contribution in [1.82, 2.24) is 15.1 Å². The van der Waals surface area contributed by atoms with Gasteiger partial charge in [0.1, 0.15) is 5.54 Å². The molecule has 1 aromatic carbocycles. The van der Waals surface area contributed by atoms with Crippen molar-refractivity contribution >= 4 is 0 Å². The molecule has 2 rings (SSSR count). The van der Waals surface area contributed by atoms with Gasteiger partial charge in [-0.1, -0.05) is 30.3 Å². The summed E-state index contributed by atoms with van der Waals surface area (Å²) in [5.74, 6) is 0. The molecule has 4 heteroatoms. The van der Waals surface area contributed by atoms with Crippen molar-refractivity contribution in [2.75, 3.05) is 40.3 Å². The number of benzene rings is 1. The lowest BCUT2D eigenvalue weighted by molar-refractivity contribution is 0.296. The van der Waals surface area contributed by atoms with Crippen molar-refractivity contribution in [1.29, 1.82) is 5.26 Å². The van der Waals surface area contributed by atoms with E-state index < -0.39 is 0 Å². The van der Waals surface area contributed by atoms with Gasteiger partial charge in [0.05, 0.1) is 6.07 Å². The van der Waals surface area contributed by atoms with Gasteiger partial charge in [-0.05, 0) is 26.1 Å². The molecule has 108 valence electrons. The Labute approximate surface area is 122 Å². The van der Waals surface area contributed by atoms with Crippen LogP contribution in [0.15, 0.2) is 30.3 Å². The molecule has 1 aromatic rings. The molecule has 1 N–H and O–H groups in total. The van der Waals surface area contributed by atoms with Gasteiger partial charge in [-0.2, -0.15) is 5.26 Å². The van der Waals surface area contributed by atoms with Crippen LogP contribution in [-0.4, -0.2) is 55.6 Å². The van der Waals surface area contributed by atoms with Gasteiger partial charge in [-0.15, -0.1) is 0 Å². The van der Waals surface area contributed by atoms with Gasteiger partial charge >= 0.3 is 0 Å². The Bertz CT molecular complexity index is 451. The smallest absolute Gasteiger partial charge is 0.120 e. The number of hydrogen-bond acceptors (Lipinski definition) is 4. The standard InChI is InChI=1S/C16H24N4/c1-19(2)11-9-18-16(13-17)8-10-20(14-16)12-15-6-4-3-5-7-15/h3-7,18H,8-12,14H2,1-2H3. The highest BCUT2D eigenvalue weighted by Gasteiger charge is 2.37. The average molecular weight is 272 g/mol. The summed E-state index contributed by atoms with van der Waals surface area (Å²) in [6.45, 7) is 4.55. The van der Waals surface area contributed by atoms with E-state index in [1.54, 1.807) is 0 Å². The quantitative estimate of drug-likeness (QED) is 0.848. The van der Waals surface area contributed by atoms with Gasteiger partial charge in [-0.3, -0.25) is 10.2 Å². The minimum absolute atomic E-state index is 0.370. The SMILES string of the molecule is CN(C)CCNC1(C#N)CCN(Cc2ccccc2)C1. The van der Waals surface area contributed by atoms with Crippen molar-refractivity contribution in [3.63, 3.8) is 0 Å². The highest BCUT2D eigenvalue weighted by atomic mass is 15.2. The summed E-state index contributed by atoms with van der Waals surface area (Å²) in [7, 11) is 4.11. The van der Waals surface area contributed by atoms with Crippen molar-refractivity contribution in [3.8, 4) is 6.07 Å². The van der Waals surface area contributed by atoms with E-state index in [0.29, 0.717) is 0 Å². The van der Waals surface area contributed by atoms with Gasteiger partial charge in [0, 0.05) is 32.7 Å². The molecule has 0 spiro atoms. The molecule has 1 aliphatic heterocycles. The molecule has 1 aliphatic rings. The number of hydrogen-bond donors (Lipinski definition) is 1. The molecule has 0 saturated carbocycles. The second-order valence-corrected chi connectivity index (χ2v) is 5.87. The van der Waals surface area contributed by atoms with Gasteiger partial charge in [0.2, 0.25) is 0 Å². The van der Waals surface area contributed by atoms with E-state index in [-0.39, 0.29) is 5.54 Å². The Morgan fingerprint density at radius 3 is 2.75 bits per heavy atom. The maximum absolute atomic E-state index is 9.51. The molecule has 0 aromatic heterocycles. The summed E-state index contributed by atoms with van der Waals surface area (Å²) in [4.78, 5) is 4.50. The maximum atomic E-state index is 9.51. The molecular formula is C16H24N4. The lowest BCUT2D eigenvalue weighted by Gasteiger charge is -2.24. The number of nitrogens with zero attached hydrogens (tertiary/aromatic N) is 3. The highest BCUT2D eigenvalue weighted by Crippen LogP contribution is 2.22. The van der Waals surface area contributed by atoms with Crippen LogP contribution in [0.3, 0.4) is 0 Å². The zero-order valence-electron chi connectivity index (χ0n) is 12.5. The Morgan fingerprint density at radius 1 is 1.35 bits per heavy atom. The summed E-state index contributed by atoms with van der Waals surface area (Å²) < 4.78 is 0. The Morgan fingerprint density at radius 2 is 2.10 bits per heavy atom. The number of likely N-dealkylation sites (N-methyl/N-ethyl adjacent to an activating group) is 1. The molecule has 0 radical (unpaired) electrons. The number of rotatable bonds is 6. The zero-order chi connectivity index (χ0) is 14.4. The molecule has 1 fully saturated rings. The minimum atomic E-state index is -0.370. The van der Waals surface area contributed by atoms with E-state index >= 15 is 0 Å². The van der Waals surface area contributed by atoms with Crippen LogP contribution in [0.4, 0.5) is 0 Å². The Kier molecular flexibility index (Phi) is 5.13. The summed E-state index contributed by atoms with van der Waals surface area (Å²) >= 11 is 0. The van der Waals surface area contributed by atoms with Gasteiger partial charge in [-0.25, -0.2) is 0 Å². The third-order valence-electron chi connectivity index (χ3n) is 3.83. The molecule has 1 heterocycles. The minimum Gasteiger partial charge on any atom is -0.308 e. The zero-order valence-corrected chi connectivity index (χ0v) is 12.5. The predicted molar refractivity (Wildman–Crippen MR) is 81.2 cm³/mol. The first-order valence-corrected chi connectivity index (χ1v) is 7.21. The third kappa shape index (κ3) is 4.04. The Balaban J connectivity index is 1.87. The lowest BCUT2D eigenvalue weighted by atomic mass is 10.0. The predicted octanol–water partition coefficient (Wildman–Crippen LogP) is 1.31. The van der Waals surface area contributed by atoms with Crippen molar-refractivity contribution in [2.24, 2.45) is 0 Å². The summed E-state index contributed by atoms with van der Waals surface area (Å²) in [6.07, 6.45) is 0.907. The molecule has 0 aliphatic carbocycles. The third-order valence-corrected chi connectivity index (χ3v) is 3.83. The Hall–Kier alpha value is -1.41. The van der Waals surface area contributed by atoms with E-state index in [0.717, 1.165) is 39.1 Å². The van der Waals surface area contributed by atoms with Crippen LogP contribution in [0, 0.1) is 11.3 Å². The number of nitrogens with one attached hydrogen (secondary N) is 1. The van der Waals surface area contributed by atoms with Crippen LogP contribution in [-0.2, 0) is 6.54 Å². The second-order valence-electron chi connectivity index (χ2n) is 5.87. The fourth-order valence-corrected chi connectivity index (χ4v) is 2.66. The molecule has 0 bridgehead atoms. The first-order chi connectivity index (χ1) is 9.63. The molecule has 4 nitrogen and oxygen atoms in total. The normalized spacial score (nSPS) is 23.1. The van der Waals surface area contributed by atoms with E-state index in [9.17, 15) is 5.26 Å². The molecular weight excluding hydrogens is 248 g/mol. The van der Waals surface area contributed by atoms with Gasteiger partial charge < -0.3 is 4.90 Å². The summed E-state index contributed by atoms with van der Waals surface area (Å²) in [5.41, 5.74) is 0.944. The van der Waals surface area contributed by atoms with Crippen LogP contribution < -0.4 is 5.32 Å². The van der Waals surface area contributed by atoms with E-state index in [4.69, 9.17) is 0 Å². The number of nitriles is 1. The maximum Gasteiger partial charge on any atom is 0.120 e. The fraction of sp³-hybridized carbons (Fsp3) is 0.562. The monoisotopic (exact) mass is 272 g/mol. The van der Waals surface area contributed by atoms with Crippen molar-refractivity contribution in [3.05, 3.63) is 35.9 Å². The van der Waals surface area contributed by atoms with E-state index in [1.165, 1.54) is 5.56 Å². The topological polar surface area (TPSA) is 42.3 Å². The van der Waals surface area contributed by atoms with Crippen LogP contribution >= 0.6 is 0 Å². The van der Waals surface area contributed by atoms with Crippen LogP contribution in [0.1, 0.15) is 12.0 Å². The molecule has 0 amide bonds. The van der Waals surface area contributed by atoms with Gasteiger partial charge in [0.25, 0.3) is 0 Å². The van der Waals surface area contributed by atoms with E-state index in [2.05, 4.69) is 59.5 Å². The second kappa shape index (κ2) is 6.85. The highest BCUT2D eigenvalue weighted by molar-refractivity contribution is 5.17. The molecule has 1 unspecified atom stereocenters. The first-order valence-electron chi connectivity index (χ1n) is 7.21. The van der Waals surface area contributed by atoms with Crippen molar-refractivity contribution in [2.45, 2.75) is 18.5 Å². The van der Waals surface area contributed by atoms with Crippen LogP contribution in [0.25, 0.3) is 0 Å². The fourth-order valence-electron chi connectivity index (χ4n) is 2.66. The lowest BCUT2D eigenvalue weighted by Crippen LogP contribution is -2.48. The average Bonchev–Trinajstić information content (AvgIpc) is 2.83. The van der Waals surface area contributed by atoms with Crippen molar-refractivity contribution < 1.29 is 0 Å². The largest absolute Gasteiger partial charge is 0.308 e. The molecule has 1 atom stereocenters. The molecule has 20 heavy (non-hydrogen) atoms. The van der Waals surface area contributed by atoms with Gasteiger partial charge in [0.15, 0.2) is 0 Å². The summed E-state index contributed by atoms with van der Waals surface area (Å²) in [5, 5.41) is 13.0. The van der Waals surface area contributed by atoms with Crippen LogP contribution in [0.2, 0.25) is 0 Å². The first kappa shape index (κ1) is 15.0. The number of likely N-dealkylation sites (tertiary alicyclic amines) is 1. The van der Waals surface area contributed by atoms with E-state index in [1.807, 2.05) is 6.07 Å².